The highest BCUT2D eigenvalue weighted by atomic mass is 32.2. The number of amides is 1. The number of carbonyl (C=O) groups is 1. The highest BCUT2D eigenvalue weighted by Crippen LogP contribution is 2.28. The number of nitrogens with zero attached hydrogens (tertiary/aromatic N) is 3. The molecule has 0 radical (unpaired) electrons. The molecule has 8 heteroatoms. The molecule has 0 aliphatic heterocycles. The van der Waals surface area contributed by atoms with Crippen LogP contribution in [0, 0.1) is 17.2 Å². The average Bonchev–Trinajstić information content (AvgIpc) is 3.32. The highest BCUT2D eigenvalue weighted by molar-refractivity contribution is 7.99. The van der Waals surface area contributed by atoms with Crippen molar-refractivity contribution >= 4 is 34.0 Å². The number of aromatic amines is 1. The van der Waals surface area contributed by atoms with E-state index < -0.39 is 0 Å². The fraction of sp³-hybridized carbons (Fsp3) is 0.500. The number of aryl methyl sites for hydroxylation is 1. The summed E-state index contributed by atoms with van der Waals surface area (Å²) in [5.74, 6) is 1.80. The van der Waals surface area contributed by atoms with Crippen molar-refractivity contribution in [3.63, 3.8) is 0 Å². The summed E-state index contributed by atoms with van der Waals surface area (Å²) < 4.78 is 0. The maximum atomic E-state index is 12.0. The van der Waals surface area contributed by atoms with Crippen molar-refractivity contribution in [1.82, 2.24) is 15.2 Å². The summed E-state index contributed by atoms with van der Waals surface area (Å²) in [7, 11) is 0. The van der Waals surface area contributed by atoms with Gasteiger partial charge in [0.1, 0.15) is 16.9 Å². The Morgan fingerprint density at radius 1 is 1.50 bits per heavy atom. The standard InChI is InChI=1S/C16H19N5OS2/c17-9-12-7-8-23-15(12)19-14(22)10-24-16-18-13(20-21-16)6-5-11-3-1-2-4-11/h7-8,11H,1-6,10H2,(H,19,22)(H,18,20,21). The van der Waals surface area contributed by atoms with Crippen LogP contribution < -0.4 is 5.32 Å². The molecule has 126 valence electrons. The quantitative estimate of drug-likeness (QED) is 0.735. The molecule has 24 heavy (non-hydrogen) atoms. The second kappa shape index (κ2) is 8.31. The van der Waals surface area contributed by atoms with Crippen molar-refractivity contribution in [3.8, 4) is 6.07 Å². The van der Waals surface area contributed by atoms with Crippen LogP contribution in [0.25, 0.3) is 0 Å². The number of rotatable bonds is 7. The molecule has 0 bridgehead atoms. The first kappa shape index (κ1) is 17.0. The maximum Gasteiger partial charge on any atom is 0.235 e. The fourth-order valence-electron chi connectivity index (χ4n) is 2.88. The molecule has 0 saturated heterocycles. The third-order valence-electron chi connectivity index (χ3n) is 4.15. The van der Waals surface area contributed by atoms with Crippen LogP contribution in [0.15, 0.2) is 16.6 Å². The van der Waals surface area contributed by atoms with Gasteiger partial charge in [-0.25, -0.2) is 4.98 Å². The van der Waals surface area contributed by atoms with Gasteiger partial charge in [-0.2, -0.15) is 5.26 Å². The van der Waals surface area contributed by atoms with Crippen LogP contribution >= 0.6 is 23.1 Å². The molecule has 1 aliphatic carbocycles. The fourth-order valence-corrected chi connectivity index (χ4v) is 4.25. The van der Waals surface area contributed by atoms with Gasteiger partial charge in [0, 0.05) is 6.42 Å². The monoisotopic (exact) mass is 361 g/mol. The van der Waals surface area contributed by atoms with Gasteiger partial charge in [0.25, 0.3) is 0 Å². The van der Waals surface area contributed by atoms with E-state index in [9.17, 15) is 4.79 Å². The number of nitriles is 1. The van der Waals surface area contributed by atoms with Gasteiger partial charge in [0.2, 0.25) is 11.1 Å². The number of H-pyrrole nitrogens is 1. The van der Waals surface area contributed by atoms with Gasteiger partial charge in [0.05, 0.1) is 11.3 Å². The zero-order chi connectivity index (χ0) is 16.8. The Bertz CT molecular complexity index is 727. The molecule has 0 unspecified atom stereocenters. The van der Waals surface area contributed by atoms with Crippen molar-refractivity contribution in [1.29, 1.82) is 5.26 Å². The lowest BCUT2D eigenvalue weighted by atomic mass is 10.0. The lowest BCUT2D eigenvalue weighted by Crippen LogP contribution is -2.13. The van der Waals surface area contributed by atoms with E-state index in [4.69, 9.17) is 5.26 Å². The molecule has 1 aliphatic rings. The summed E-state index contributed by atoms with van der Waals surface area (Å²) in [5, 5.41) is 21.8. The minimum absolute atomic E-state index is 0.156. The van der Waals surface area contributed by atoms with Gasteiger partial charge in [-0.05, 0) is 23.8 Å². The van der Waals surface area contributed by atoms with Crippen molar-refractivity contribution in [2.75, 3.05) is 11.1 Å². The van der Waals surface area contributed by atoms with E-state index in [-0.39, 0.29) is 11.7 Å². The van der Waals surface area contributed by atoms with Crippen LogP contribution in [0.4, 0.5) is 5.00 Å². The second-order valence-corrected chi connectivity index (χ2v) is 7.72. The van der Waals surface area contributed by atoms with Gasteiger partial charge in [0.15, 0.2) is 0 Å². The molecule has 0 aromatic carbocycles. The Morgan fingerprint density at radius 2 is 2.33 bits per heavy atom. The molecule has 3 rings (SSSR count). The molecular formula is C16H19N5OS2. The minimum atomic E-state index is -0.156. The Kier molecular flexibility index (Phi) is 5.88. The summed E-state index contributed by atoms with van der Waals surface area (Å²) in [4.78, 5) is 16.4. The molecule has 2 heterocycles. The first-order chi connectivity index (χ1) is 11.7. The number of carbonyl (C=O) groups excluding carboxylic acids is 1. The van der Waals surface area contributed by atoms with Gasteiger partial charge < -0.3 is 5.32 Å². The smallest absolute Gasteiger partial charge is 0.235 e. The normalized spacial score (nSPS) is 14.6. The lowest BCUT2D eigenvalue weighted by Gasteiger charge is -2.05. The summed E-state index contributed by atoms with van der Waals surface area (Å²) in [6.07, 6.45) is 7.47. The molecule has 2 N–H and O–H groups in total. The molecular weight excluding hydrogens is 342 g/mol. The largest absolute Gasteiger partial charge is 0.316 e. The molecule has 1 fully saturated rings. The van der Waals surface area contributed by atoms with Crippen molar-refractivity contribution < 1.29 is 4.79 Å². The van der Waals surface area contributed by atoms with E-state index in [1.807, 2.05) is 0 Å². The van der Waals surface area contributed by atoms with Gasteiger partial charge >= 0.3 is 0 Å². The number of aromatic nitrogens is 3. The Morgan fingerprint density at radius 3 is 3.12 bits per heavy atom. The summed E-state index contributed by atoms with van der Waals surface area (Å²) >= 11 is 2.64. The maximum absolute atomic E-state index is 12.0. The predicted octanol–water partition coefficient (Wildman–Crippen LogP) is 3.59. The first-order valence-corrected chi connectivity index (χ1v) is 9.92. The number of thioether (sulfide) groups is 1. The topological polar surface area (TPSA) is 94.5 Å². The first-order valence-electron chi connectivity index (χ1n) is 8.06. The van der Waals surface area contributed by atoms with E-state index in [1.54, 1.807) is 11.4 Å². The number of nitrogens with one attached hydrogen (secondary N) is 2. The van der Waals surface area contributed by atoms with Crippen LogP contribution in [0.5, 0.6) is 0 Å². The number of thiophene rings is 1. The van der Waals surface area contributed by atoms with Gasteiger partial charge in [-0.15, -0.1) is 16.4 Å². The lowest BCUT2D eigenvalue weighted by molar-refractivity contribution is -0.113. The van der Waals surface area contributed by atoms with Gasteiger partial charge in [-0.3, -0.25) is 9.89 Å². The van der Waals surface area contributed by atoms with Crippen LogP contribution in [0.3, 0.4) is 0 Å². The Hall–Kier alpha value is -1.85. The third kappa shape index (κ3) is 4.58. The van der Waals surface area contributed by atoms with E-state index in [2.05, 4.69) is 26.6 Å². The van der Waals surface area contributed by atoms with Crippen LogP contribution in [-0.4, -0.2) is 26.8 Å². The number of hydrogen-bond acceptors (Lipinski definition) is 6. The summed E-state index contributed by atoms with van der Waals surface area (Å²) in [6.45, 7) is 0. The molecule has 6 nitrogen and oxygen atoms in total. The molecule has 1 saturated carbocycles. The van der Waals surface area contributed by atoms with E-state index >= 15 is 0 Å². The minimum Gasteiger partial charge on any atom is -0.316 e. The van der Waals surface area contributed by atoms with Crippen LogP contribution in [0.1, 0.15) is 43.5 Å². The summed E-state index contributed by atoms with van der Waals surface area (Å²) in [6, 6.07) is 3.75. The Balaban J connectivity index is 1.43. The molecule has 0 atom stereocenters. The van der Waals surface area contributed by atoms with Crippen molar-refractivity contribution in [2.24, 2.45) is 5.92 Å². The molecule has 0 spiro atoms. The van der Waals surface area contributed by atoms with Crippen molar-refractivity contribution in [3.05, 3.63) is 22.8 Å². The zero-order valence-electron chi connectivity index (χ0n) is 13.2. The number of anilines is 1. The van der Waals surface area contributed by atoms with Gasteiger partial charge in [-0.1, -0.05) is 37.4 Å². The second-order valence-electron chi connectivity index (χ2n) is 5.87. The van der Waals surface area contributed by atoms with E-state index in [0.29, 0.717) is 15.7 Å². The Labute approximate surface area is 149 Å². The molecule has 2 aromatic heterocycles. The van der Waals surface area contributed by atoms with Crippen LogP contribution in [-0.2, 0) is 11.2 Å². The molecule has 1 amide bonds. The average molecular weight is 361 g/mol. The summed E-state index contributed by atoms with van der Waals surface area (Å²) in [5.41, 5.74) is 0.491. The molecule has 2 aromatic rings. The van der Waals surface area contributed by atoms with E-state index in [1.165, 1.54) is 48.8 Å². The van der Waals surface area contributed by atoms with Crippen molar-refractivity contribution in [2.45, 2.75) is 43.7 Å². The zero-order valence-corrected chi connectivity index (χ0v) is 14.9. The SMILES string of the molecule is N#Cc1ccsc1NC(=O)CSc1n[nH]c(CCC2CCCC2)n1. The third-order valence-corrected chi connectivity index (χ3v) is 5.82. The van der Waals surface area contributed by atoms with E-state index in [0.717, 1.165) is 24.6 Å². The highest BCUT2D eigenvalue weighted by Gasteiger charge is 2.16. The predicted molar refractivity (Wildman–Crippen MR) is 95.0 cm³/mol. The number of hydrogen-bond donors (Lipinski definition) is 2. The van der Waals surface area contributed by atoms with Crippen LogP contribution in [0.2, 0.25) is 0 Å².